The van der Waals surface area contributed by atoms with Crippen LogP contribution < -0.4 is 5.32 Å². The molecule has 0 spiro atoms. The Morgan fingerprint density at radius 1 is 1.37 bits per heavy atom. The van der Waals surface area contributed by atoms with E-state index in [0.29, 0.717) is 0 Å². The van der Waals surface area contributed by atoms with Gasteiger partial charge in [-0.3, -0.25) is 4.98 Å². The second-order valence-electron chi connectivity index (χ2n) is 5.05. The largest absolute Gasteiger partial charge is 0.310 e. The van der Waals surface area contributed by atoms with Crippen molar-refractivity contribution in [3.8, 4) is 0 Å². The van der Waals surface area contributed by atoms with Crippen molar-refractivity contribution in [3.63, 3.8) is 0 Å². The van der Waals surface area contributed by atoms with Crippen molar-refractivity contribution in [2.24, 2.45) is 0 Å². The molecule has 0 atom stereocenters. The van der Waals surface area contributed by atoms with Crippen molar-refractivity contribution in [2.75, 3.05) is 6.54 Å². The maximum atomic E-state index is 4.41. The minimum atomic E-state index is 0.149. The third kappa shape index (κ3) is 4.12. The molecule has 0 fully saturated rings. The number of halogens is 2. The summed E-state index contributed by atoms with van der Waals surface area (Å²) in [5, 5.41) is 5.62. The van der Waals surface area contributed by atoms with E-state index in [1.165, 1.54) is 4.88 Å². The van der Waals surface area contributed by atoms with Crippen LogP contribution in [0, 0.1) is 0 Å². The van der Waals surface area contributed by atoms with Crippen molar-refractivity contribution >= 4 is 43.2 Å². The summed E-state index contributed by atoms with van der Waals surface area (Å²) >= 11 is 8.76. The zero-order valence-corrected chi connectivity index (χ0v) is 14.9. The van der Waals surface area contributed by atoms with Gasteiger partial charge in [0.15, 0.2) is 0 Å². The molecule has 1 N–H and O–H groups in total. The molecule has 0 amide bonds. The first-order chi connectivity index (χ1) is 8.99. The zero-order chi connectivity index (χ0) is 13.9. The highest BCUT2D eigenvalue weighted by atomic mass is 79.9. The van der Waals surface area contributed by atoms with Gasteiger partial charge in [-0.05, 0) is 49.4 Å². The van der Waals surface area contributed by atoms with Gasteiger partial charge in [-0.25, -0.2) is 0 Å². The SMILES string of the molecule is CC(C)(CNCc1ncc(Br)cc1Br)c1cccs1. The molecule has 0 aromatic carbocycles. The zero-order valence-electron chi connectivity index (χ0n) is 10.9. The van der Waals surface area contributed by atoms with Gasteiger partial charge in [-0.1, -0.05) is 19.9 Å². The molecule has 2 aromatic rings. The minimum Gasteiger partial charge on any atom is -0.310 e. The molecule has 2 nitrogen and oxygen atoms in total. The predicted molar refractivity (Wildman–Crippen MR) is 88.7 cm³/mol. The van der Waals surface area contributed by atoms with Crippen LogP contribution in [0.25, 0.3) is 0 Å². The monoisotopic (exact) mass is 402 g/mol. The molecule has 102 valence electrons. The van der Waals surface area contributed by atoms with Gasteiger partial charge in [-0.2, -0.15) is 0 Å². The molecule has 0 unspecified atom stereocenters. The van der Waals surface area contributed by atoms with E-state index < -0.39 is 0 Å². The van der Waals surface area contributed by atoms with E-state index in [2.05, 4.69) is 73.5 Å². The number of thiophene rings is 1. The van der Waals surface area contributed by atoms with E-state index in [4.69, 9.17) is 0 Å². The fourth-order valence-electron chi connectivity index (χ4n) is 1.82. The van der Waals surface area contributed by atoms with Gasteiger partial charge in [0.1, 0.15) is 0 Å². The molecule has 0 bridgehead atoms. The van der Waals surface area contributed by atoms with Crippen molar-refractivity contribution in [1.29, 1.82) is 0 Å². The molecule has 2 aromatic heterocycles. The summed E-state index contributed by atoms with van der Waals surface area (Å²) in [6, 6.07) is 6.32. The smallest absolute Gasteiger partial charge is 0.0684 e. The molecule has 2 rings (SSSR count). The lowest BCUT2D eigenvalue weighted by Crippen LogP contribution is -2.32. The Labute approximate surface area is 134 Å². The average molecular weight is 404 g/mol. The van der Waals surface area contributed by atoms with E-state index in [9.17, 15) is 0 Å². The van der Waals surface area contributed by atoms with Gasteiger partial charge in [0.05, 0.1) is 5.69 Å². The lowest BCUT2D eigenvalue weighted by atomic mass is 9.91. The minimum absolute atomic E-state index is 0.149. The van der Waals surface area contributed by atoms with Crippen LogP contribution in [-0.2, 0) is 12.0 Å². The van der Waals surface area contributed by atoms with E-state index in [1.54, 1.807) is 0 Å². The average Bonchev–Trinajstić information content (AvgIpc) is 2.86. The topological polar surface area (TPSA) is 24.9 Å². The van der Waals surface area contributed by atoms with Crippen LogP contribution in [0.1, 0.15) is 24.4 Å². The maximum absolute atomic E-state index is 4.41. The van der Waals surface area contributed by atoms with Gasteiger partial charge < -0.3 is 5.32 Å². The summed E-state index contributed by atoms with van der Waals surface area (Å²) in [5.41, 5.74) is 1.18. The first-order valence-corrected chi connectivity index (χ1v) is 8.50. The Balaban J connectivity index is 1.93. The second-order valence-corrected chi connectivity index (χ2v) is 7.76. The second kappa shape index (κ2) is 6.48. The molecule has 2 heterocycles. The third-order valence-corrected chi connectivity index (χ3v) is 5.29. The molecule has 0 radical (unpaired) electrons. The number of rotatable bonds is 5. The van der Waals surface area contributed by atoms with Gasteiger partial charge in [0.2, 0.25) is 0 Å². The summed E-state index contributed by atoms with van der Waals surface area (Å²) in [4.78, 5) is 5.81. The Morgan fingerprint density at radius 2 is 2.16 bits per heavy atom. The van der Waals surface area contributed by atoms with Crippen molar-refractivity contribution < 1.29 is 0 Å². The Hall–Kier alpha value is -0.230. The third-order valence-electron chi connectivity index (χ3n) is 2.93. The van der Waals surface area contributed by atoms with Gasteiger partial charge >= 0.3 is 0 Å². The number of nitrogens with one attached hydrogen (secondary N) is 1. The van der Waals surface area contributed by atoms with Crippen LogP contribution in [0.5, 0.6) is 0 Å². The van der Waals surface area contributed by atoms with Crippen LogP contribution >= 0.6 is 43.2 Å². The Kier molecular flexibility index (Phi) is 5.17. The summed E-state index contributed by atoms with van der Waals surface area (Å²) in [7, 11) is 0. The number of pyridine rings is 1. The summed E-state index contributed by atoms with van der Waals surface area (Å²) in [6.07, 6.45) is 1.83. The number of hydrogen-bond donors (Lipinski definition) is 1. The molecule has 0 aliphatic rings. The Bertz CT molecular complexity index is 538. The molecular formula is C14H16Br2N2S. The fraction of sp³-hybridized carbons (Fsp3) is 0.357. The molecule has 19 heavy (non-hydrogen) atoms. The number of nitrogens with zero attached hydrogens (tertiary/aromatic N) is 1. The molecule has 0 aliphatic heterocycles. The Morgan fingerprint density at radius 3 is 2.79 bits per heavy atom. The quantitative estimate of drug-likeness (QED) is 0.779. The van der Waals surface area contributed by atoms with E-state index in [0.717, 1.165) is 27.7 Å². The predicted octanol–water partition coefficient (Wildman–Crippen LogP) is 4.74. The van der Waals surface area contributed by atoms with E-state index >= 15 is 0 Å². The van der Waals surface area contributed by atoms with Crippen LogP contribution in [0.2, 0.25) is 0 Å². The van der Waals surface area contributed by atoms with Crippen molar-refractivity contribution in [2.45, 2.75) is 25.8 Å². The molecule has 0 saturated heterocycles. The van der Waals surface area contributed by atoms with Crippen LogP contribution in [0.3, 0.4) is 0 Å². The summed E-state index contributed by atoms with van der Waals surface area (Å²) in [6.45, 7) is 6.21. The lowest BCUT2D eigenvalue weighted by molar-refractivity contribution is 0.474. The maximum Gasteiger partial charge on any atom is 0.0684 e. The fourth-order valence-corrected chi connectivity index (χ4v) is 3.80. The molecule has 5 heteroatoms. The molecule has 0 saturated carbocycles. The van der Waals surface area contributed by atoms with Crippen LogP contribution in [-0.4, -0.2) is 11.5 Å². The highest BCUT2D eigenvalue weighted by molar-refractivity contribution is 9.11. The first-order valence-electron chi connectivity index (χ1n) is 6.04. The molecular weight excluding hydrogens is 388 g/mol. The summed E-state index contributed by atoms with van der Waals surface area (Å²) < 4.78 is 2.02. The number of aromatic nitrogens is 1. The van der Waals surface area contributed by atoms with E-state index in [-0.39, 0.29) is 5.41 Å². The van der Waals surface area contributed by atoms with Crippen molar-refractivity contribution in [3.05, 3.63) is 49.3 Å². The number of hydrogen-bond acceptors (Lipinski definition) is 3. The summed E-state index contributed by atoms with van der Waals surface area (Å²) in [5.74, 6) is 0. The van der Waals surface area contributed by atoms with Crippen LogP contribution in [0.4, 0.5) is 0 Å². The highest BCUT2D eigenvalue weighted by Crippen LogP contribution is 2.27. The molecule has 0 aliphatic carbocycles. The van der Waals surface area contributed by atoms with Gasteiger partial charge in [-0.15, -0.1) is 11.3 Å². The van der Waals surface area contributed by atoms with Gasteiger partial charge in [0.25, 0.3) is 0 Å². The standard InChI is InChI=1S/C14H16Br2N2S/c1-14(2,13-4-3-5-19-13)9-17-8-12-11(16)6-10(15)7-18-12/h3-7,17H,8-9H2,1-2H3. The van der Waals surface area contributed by atoms with Crippen LogP contribution in [0.15, 0.2) is 38.7 Å². The van der Waals surface area contributed by atoms with Gasteiger partial charge in [0, 0.05) is 38.5 Å². The van der Waals surface area contributed by atoms with E-state index in [1.807, 2.05) is 23.6 Å². The first kappa shape index (κ1) is 15.2. The normalized spacial score (nSPS) is 11.8. The lowest BCUT2D eigenvalue weighted by Gasteiger charge is -2.23. The van der Waals surface area contributed by atoms with Crippen molar-refractivity contribution in [1.82, 2.24) is 10.3 Å². The highest BCUT2D eigenvalue weighted by Gasteiger charge is 2.21.